The molecule has 1 rings (SSSR count). The Hall–Kier alpha value is -0.570. The number of pyridine rings is 1. The van der Waals surface area contributed by atoms with Gasteiger partial charge in [-0.05, 0) is 22.6 Å². The summed E-state index contributed by atoms with van der Waals surface area (Å²) in [5, 5.41) is 0. The van der Waals surface area contributed by atoms with Crippen LogP contribution in [0.5, 0.6) is 0 Å². The molecule has 3 nitrogen and oxygen atoms in total. The van der Waals surface area contributed by atoms with Gasteiger partial charge in [0.25, 0.3) is 0 Å². The topological polar surface area (TPSA) is 64.9 Å². The molecular formula is C7H7F3IN3. The van der Waals surface area contributed by atoms with E-state index < -0.39 is 12.2 Å². The Morgan fingerprint density at radius 2 is 1.93 bits per heavy atom. The van der Waals surface area contributed by atoms with Crippen molar-refractivity contribution in [3.63, 3.8) is 0 Å². The maximum Gasteiger partial charge on any atom is 0.407 e. The van der Waals surface area contributed by atoms with Gasteiger partial charge in [0.15, 0.2) is 0 Å². The normalized spacial score (nSPS) is 14.1. The number of halogens is 4. The first-order valence-electron chi connectivity index (χ1n) is 3.55. The molecule has 1 heterocycles. The van der Waals surface area contributed by atoms with E-state index in [2.05, 4.69) is 4.98 Å². The number of alkyl halides is 3. The average Bonchev–Trinajstić information content (AvgIpc) is 2.07. The first-order chi connectivity index (χ1) is 6.34. The summed E-state index contributed by atoms with van der Waals surface area (Å²) in [5.41, 5.74) is 10.3. The van der Waals surface area contributed by atoms with E-state index in [9.17, 15) is 13.2 Å². The van der Waals surface area contributed by atoms with Gasteiger partial charge in [0.2, 0.25) is 0 Å². The summed E-state index contributed by atoms with van der Waals surface area (Å²) in [6.07, 6.45) is -2.08. The fourth-order valence-corrected chi connectivity index (χ4v) is 1.36. The van der Waals surface area contributed by atoms with Crippen molar-refractivity contribution in [1.82, 2.24) is 4.98 Å². The second kappa shape index (κ2) is 3.89. The molecule has 0 aromatic carbocycles. The van der Waals surface area contributed by atoms with Gasteiger partial charge in [-0.25, -0.2) is 0 Å². The van der Waals surface area contributed by atoms with E-state index in [4.69, 9.17) is 11.5 Å². The number of aromatic nitrogens is 1. The lowest BCUT2D eigenvalue weighted by Gasteiger charge is -2.17. The molecule has 0 saturated heterocycles. The van der Waals surface area contributed by atoms with Crippen LogP contribution in [0, 0.1) is 3.57 Å². The van der Waals surface area contributed by atoms with Crippen molar-refractivity contribution in [3.8, 4) is 0 Å². The summed E-state index contributed by atoms with van der Waals surface area (Å²) in [6.45, 7) is 0. The Morgan fingerprint density at radius 1 is 1.36 bits per heavy atom. The van der Waals surface area contributed by atoms with Gasteiger partial charge >= 0.3 is 6.18 Å². The predicted octanol–water partition coefficient (Wildman–Crippen LogP) is 1.83. The van der Waals surface area contributed by atoms with Crippen LogP contribution in [0.3, 0.4) is 0 Å². The van der Waals surface area contributed by atoms with E-state index in [1.54, 1.807) is 22.6 Å². The second-order valence-electron chi connectivity index (χ2n) is 2.64. The Kier molecular flexibility index (Phi) is 3.20. The van der Waals surface area contributed by atoms with Crippen molar-refractivity contribution < 1.29 is 13.2 Å². The first-order valence-corrected chi connectivity index (χ1v) is 4.63. The number of nitrogens with two attached hydrogens (primary N) is 2. The molecule has 14 heavy (non-hydrogen) atoms. The lowest BCUT2D eigenvalue weighted by molar-refractivity contribution is -0.149. The van der Waals surface area contributed by atoms with E-state index in [0.29, 0.717) is 3.57 Å². The number of nitrogens with zero attached hydrogens (tertiary/aromatic N) is 1. The van der Waals surface area contributed by atoms with Crippen molar-refractivity contribution in [1.29, 1.82) is 0 Å². The van der Waals surface area contributed by atoms with Crippen LogP contribution >= 0.6 is 22.6 Å². The number of nitrogen functional groups attached to an aromatic ring is 1. The summed E-state index contributed by atoms with van der Waals surface area (Å²) < 4.78 is 37.2. The standard InChI is InChI=1S/C7H7F3IN3/c8-7(9,10)6(13)3-1-14-2-4(11)5(3)12/h1-2,6H,13H2,(H2,12,14). The smallest absolute Gasteiger partial charge is 0.398 e. The predicted molar refractivity (Wildman–Crippen MR) is 54.3 cm³/mol. The zero-order valence-electron chi connectivity index (χ0n) is 6.85. The van der Waals surface area contributed by atoms with Crippen molar-refractivity contribution in [3.05, 3.63) is 21.5 Å². The Morgan fingerprint density at radius 3 is 2.43 bits per heavy atom. The van der Waals surface area contributed by atoms with Crippen molar-refractivity contribution >= 4 is 28.3 Å². The number of rotatable bonds is 1. The molecule has 0 aliphatic carbocycles. The number of anilines is 1. The minimum atomic E-state index is -4.50. The zero-order chi connectivity index (χ0) is 10.9. The largest absolute Gasteiger partial charge is 0.407 e. The van der Waals surface area contributed by atoms with Crippen LogP contribution in [0.1, 0.15) is 11.6 Å². The maximum atomic E-state index is 12.2. The third-order valence-electron chi connectivity index (χ3n) is 1.66. The molecule has 1 unspecified atom stereocenters. The molecule has 0 bridgehead atoms. The molecule has 0 saturated carbocycles. The highest BCUT2D eigenvalue weighted by atomic mass is 127. The van der Waals surface area contributed by atoms with Gasteiger partial charge in [-0.3, -0.25) is 4.98 Å². The summed E-state index contributed by atoms with van der Waals surface area (Å²) in [6, 6.07) is -2.08. The highest BCUT2D eigenvalue weighted by Crippen LogP contribution is 2.34. The fourth-order valence-electron chi connectivity index (χ4n) is 0.884. The summed E-state index contributed by atoms with van der Waals surface area (Å²) in [5.74, 6) is 0. The summed E-state index contributed by atoms with van der Waals surface area (Å²) in [7, 11) is 0. The van der Waals surface area contributed by atoms with Crippen LogP contribution < -0.4 is 11.5 Å². The Bertz CT molecular complexity index is 339. The van der Waals surface area contributed by atoms with Crippen molar-refractivity contribution in [2.75, 3.05) is 5.73 Å². The second-order valence-corrected chi connectivity index (χ2v) is 3.81. The highest BCUT2D eigenvalue weighted by molar-refractivity contribution is 14.1. The minimum Gasteiger partial charge on any atom is -0.398 e. The van der Waals surface area contributed by atoms with Crippen LogP contribution in [0.25, 0.3) is 0 Å². The maximum absolute atomic E-state index is 12.2. The third-order valence-corrected chi connectivity index (χ3v) is 2.52. The van der Waals surface area contributed by atoms with Crippen LogP contribution in [0.2, 0.25) is 0 Å². The van der Waals surface area contributed by atoms with Gasteiger partial charge < -0.3 is 11.5 Å². The number of hydrogen-bond acceptors (Lipinski definition) is 3. The molecule has 1 aromatic rings. The van der Waals surface area contributed by atoms with Crippen LogP contribution in [-0.4, -0.2) is 11.2 Å². The molecular weight excluding hydrogens is 310 g/mol. The van der Waals surface area contributed by atoms with Gasteiger partial charge in [-0.15, -0.1) is 0 Å². The molecule has 78 valence electrons. The minimum absolute atomic E-state index is 0.0328. The van der Waals surface area contributed by atoms with Crippen LogP contribution in [0.4, 0.5) is 18.9 Å². The highest BCUT2D eigenvalue weighted by Gasteiger charge is 2.39. The Balaban J connectivity index is 3.14. The molecule has 7 heteroatoms. The van der Waals surface area contributed by atoms with E-state index in [-0.39, 0.29) is 11.3 Å². The molecule has 0 fully saturated rings. The van der Waals surface area contributed by atoms with E-state index in [1.165, 1.54) is 6.20 Å². The monoisotopic (exact) mass is 317 g/mol. The molecule has 4 N–H and O–H groups in total. The summed E-state index contributed by atoms with van der Waals surface area (Å²) >= 11 is 1.80. The molecule has 1 atom stereocenters. The quantitative estimate of drug-likeness (QED) is 0.777. The zero-order valence-corrected chi connectivity index (χ0v) is 9.00. The third kappa shape index (κ3) is 2.27. The summed E-state index contributed by atoms with van der Waals surface area (Å²) in [4.78, 5) is 3.61. The molecule has 1 aromatic heterocycles. The van der Waals surface area contributed by atoms with Gasteiger partial charge in [0.05, 0.1) is 9.26 Å². The lowest BCUT2D eigenvalue weighted by atomic mass is 10.1. The van der Waals surface area contributed by atoms with Gasteiger partial charge in [0, 0.05) is 18.0 Å². The molecule has 0 aliphatic rings. The molecule has 0 radical (unpaired) electrons. The average molecular weight is 317 g/mol. The lowest BCUT2D eigenvalue weighted by Crippen LogP contribution is -2.29. The molecule has 0 amide bonds. The Labute approximate surface area is 91.8 Å². The van der Waals surface area contributed by atoms with Crippen LogP contribution in [0.15, 0.2) is 12.4 Å². The fraction of sp³-hybridized carbons (Fsp3) is 0.286. The number of hydrogen-bond donors (Lipinski definition) is 2. The van der Waals surface area contributed by atoms with Crippen molar-refractivity contribution in [2.24, 2.45) is 5.73 Å². The van der Waals surface area contributed by atoms with E-state index in [0.717, 1.165) is 6.20 Å². The van der Waals surface area contributed by atoms with Crippen molar-refractivity contribution in [2.45, 2.75) is 12.2 Å². The van der Waals surface area contributed by atoms with E-state index >= 15 is 0 Å². The van der Waals surface area contributed by atoms with Gasteiger partial charge in [0.1, 0.15) is 6.04 Å². The van der Waals surface area contributed by atoms with Gasteiger partial charge in [-0.2, -0.15) is 13.2 Å². The molecule has 0 aliphatic heterocycles. The van der Waals surface area contributed by atoms with Crippen LogP contribution in [-0.2, 0) is 0 Å². The SMILES string of the molecule is Nc1c(I)cncc1C(N)C(F)(F)F. The first kappa shape index (κ1) is 11.5. The van der Waals surface area contributed by atoms with Gasteiger partial charge in [-0.1, -0.05) is 0 Å². The molecule has 0 spiro atoms. The van der Waals surface area contributed by atoms with E-state index in [1.807, 2.05) is 0 Å².